The Morgan fingerprint density at radius 2 is 1.94 bits per heavy atom. The van der Waals surface area contributed by atoms with E-state index in [2.05, 4.69) is 12.2 Å². The van der Waals surface area contributed by atoms with Gasteiger partial charge in [-0.25, -0.2) is 0 Å². The van der Waals surface area contributed by atoms with Crippen molar-refractivity contribution in [3.63, 3.8) is 0 Å². The Morgan fingerprint density at radius 3 is 2.35 bits per heavy atom. The third-order valence-corrected chi connectivity index (χ3v) is 3.32. The zero-order chi connectivity index (χ0) is 11.6. The van der Waals surface area contributed by atoms with Crippen molar-refractivity contribution in [2.75, 3.05) is 0 Å². The topological polar surface area (TPSA) is 55.1 Å². The number of halogens is 1. The van der Waals surface area contributed by atoms with Crippen LogP contribution in [0.5, 0.6) is 0 Å². The molecule has 94 valence electrons. The molecule has 1 aromatic carbocycles. The van der Waals surface area contributed by atoms with Gasteiger partial charge in [-0.05, 0) is 43.9 Å². The van der Waals surface area contributed by atoms with Gasteiger partial charge in [0.2, 0.25) is 0 Å². The van der Waals surface area contributed by atoms with Crippen LogP contribution in [0.15, 0.2) is 24.3 Å². The third kappa shape index (κ3) is 3.20. The van der Waals surface area contributed by atoms with Crippen LogP contribution in [-0.4, -0.2) is 11.4 Å². The molecule has 1 aliphatic rings. The van der Waals surface area contributed by atoms with Crippen LogP contribution < -0.4 is 11.1 Å². The fourth-order valence-electron chi connectivity index (χ4n) is 1.97. The number of amides is 1. The van der Waals surface area contributed by atoms with Gasteiger partial charge in [0.05, 0.1) is 0 Å². The molecular formula is C13H19ClN2O. The van der Waals surface area contributed by atoms with Gasteiger partial charge in [-0.1, -0.05) is 12.1 Å². The van der Waals surface area contributed by atoms with E-state index >= 15 is 0 Å². The van der Waals surface area contributed by atoms with Crippen LogP contribution in [-0.2, 0) is 6.54 Å². The molecule has 3 N–H and O–H groups in total. The second kappa shape index (κ2) is 5.52. The number of carbonyl (C=O) groups excluding carboxylic acids is 1. The van der Waals surface area contributed by atoms with Crippen molar-refractivity contribution in [3.05, 3.63) is 35.4 Å². The van der Waals surface area contributed by atoms with Crippen LogP contribution in [0, 0.1) is 0 Å². The number of rotatable bonds is 3. The van der Waals surface area contributed by atoms with Crippen LogP contribution in [0.2, 0.25) is 0 Å². The van der Waals surface area contributed by atoms with E-state index in [0.717, 1.165) is 18.4 Å². The van der Waals surface area contributed by atoms with Crippen molar-refractivity contribution in [2.24, 2.45) is 5.73 Å². The molecule has 0 aromatic heterocycles. The normalized spacial score (nSPS) is 16.6. The summed E-state index contributed by atoms with van der Waals surface area (Å²) in [6.07, 6.45) is 3.38. The zero-order valence-electron chi connectivity index (χ0n) is 10.0. The van der Waals surface area contributed by atoms with Gasteiger partial charge in [0.1, 0.15) is 0 Å². The number of hydrogen-bond acceptors (Lipinski definition) is 2. The van der Waals surface area contributed by atoms with Gasteiger partial charge in [-0.15, -0.1) is 12.4 Å². The highest BCUT2D eigenvalue weighted by Crippen LogP contribution is 2.31. The minimum atomic E-state index is 0. The van der Waals surface area contributed by atoms with E-state index in [4.69, 9.17) is 5.73 Å². The van der Waals surface area contributed by atoms with Gasteiger partial charge in [0.15, 0.2) is 0 Å². The number of carbonyl (C=O) groups is 1. The minimum Gasteiger partial charge on any atom is -0.347 e. The molecule has 0 spiro atoms. The first-order chi connectivity index (χ1) is 7.63. The molecule has 0 unspecified atom stereocenters. The summed E-state index contributed by atoms with van der Waals surface area (Å²) >= 11 is 0. The van der Waals surface area contributed by atoms with Crippen molar-refractivity contribution in [2.45, 2.75) is 38.3 Å². The molecule has 0 radical (unpaired) electrons. The number of nitrogens with two attached hydrogens (primary N) is 1. The third-order valence-electron chi connectivity index (χ3n) is 3.32. The average Bonchev–Trinajstić information content (AvgIpc) is 2.27. The monoisotopic (exact) mass is 254 g/mol. The summed E-state index contributed by atoms with van der Waals surface area (Å²) in [5.74, 6) is 0.0192. The Labute approximate surface area is 108 Å². The Bertz CT molecular complexity index is 385. The van der Waals surface area contributed by atoms with E-state index in [1.54, 1.807) is 0 Å². The Kier molecular flexibility index (Phi) is 4.54. The van der Waals surface area contributed by atoms with Gasteiger partial charge in [-0.3, -0.25) is 4.79 Å². The largest absolute Gasteiger partial charge is 0.347 e. The first-order valence-electron chi connectivity index (χ1n) is 5.74. The van der Waals surface area contributed by atoms with Crippen molar-refractivity contribution < 1.29 is 4.79 Å². The predicted molar refractivity (Wildman–Crippen MR) is 71.3 cm³/mol. The Morgan fingerprint density at radius 1 is 1.35 bits per heavy atom. The van der Waals surface area contributed by atoms with Gasteiger partial charge >= 0.3 is 0 Å². The summed E-state index contributed by atoms with van der Waals surface area (Å²) in [6, 6.07) is 7.47. The summed E-state index contributed by atoms with van der Waals surface area (Å²) in [4.78, 5) is 11.9. The molecule has 17 heavy (non-hydrogen) atoms. The first-order valence-corrected chi connectivity index (χ1v) is 5.74. The fourth-order valence-corrected chi connectivity index (χ4v) is 1.97. The number of benzene rings is 1. The molecule has 4 heteroatoms. The lowest BCUT2D eigenvalue weighted by atomic mass is 9.78. The summed E-state index contributed by atoms with van der Waals surface area (Å²) in [7, 11) is 0. The Hall–Kier alpha value is -1.06. The highest BCUT2D eigenvalue weighted by molar-refractivity contribution is 5.94. The van der Waals surface area contributed by atoms with E-state index < -0.39 is 0 Å². The van der Waals surface area contributed by atoms with E-state index in [-0.39, 0.29) is 23.9 Å². The highest BCUT2D eigenvalue weighted by Gasteiger charge is 2.33. The predicted octanol–water partition coefficient (Wildman–Crippen LogP) is 2.24. The summed E-state index contributed by atoms with van der Waals surface area (Å²) in [5, 5.41) is 3.08. The molecule has 0 aliphatic heterocycles. The van der Waals surface area contributed by atoms with Crippen molar-refractivity contribution in [3.8, 4) is 0 Å². The maximum absolute atomic E-state index is 11.9. The molecule has 0 saturated heterocycles. The quantitative estimate of drug-likeness (QED) is 0.869. The molecule has 1 saturated carbocycles. The smallest absolute Gasteiger partial charge is 0.251 e. The first kappa shape index (κ1) is 14.0. The van der Waals surface area contributed by atoms with Crippen molar-refractivity contribution >= 4 is 18.3 Å². The van der Waals surface area contributed by atoms with Gasteiger partial charge < -0.3 is 11.1 Å². The number of nitrogens with one attached hydrogen (secondary N) is 1. The summed E-state index contributed by atoms with van der Waals surface area (Å²) < 4.78 is 0. The highest BCUT2D eigenvalue weighted by atomic mass is 35.5. The maximum Gasteiger partial charge on any atom is 0.251 e. The molecule has 0 bridgehead atoms. The SMILES string of the molecule is CC1(NC(=O)c2ccc(CN)cc2)CCC1.Cl. The van der Waals surface area contributed by atoms with Crippen molar-refractivity contribution in [1.29, 1.82) is 0 Å². The minimum absolute atomic E-state index is 0. The van der Waals surface area contributed by atoms with Crippen LogP contribution in [0.25, 0.3) is 0 Å². The summed E-state index contributed by atoms with van der Waals surface area (Å²) in [5.41, 5.74) is 7.29. The zero-order valence-corrected chi connectivity index (χ0v) is 10.8. The maximum atomic E-state index is 11.9. The van der Waals surface area contributed by atoms with Gasteiger partial charge in [0, 0.05) is 17.6 Å². The van der Waals surface area contributed by atoms with E-state index in [1.807, 2.05) is 24.3 Å². The fraction of sp³-hybridized carbons (Fsp3) is 0.462. The standard InChI is InChI=1S/C13H18N2O.ClH/c1-13(7-2-8-13)15-12(16)11-5-3-10(9-14)4-6-11;/h3-6H,2,7-9,14H2,1H3,(H,15,16);1H. The van der Waals surface area contributed by atoms with Crippen LogP contribution in [0.3, 0.4) is 0 Å². The van der Waals surface area contributed by atoms with Crippen molar-refractivity contribution in [1.82, 2.24) is 5.32 Å². The molecule has 1 aromatic rings. The molecule has 1 fully saturated rings. The van der Waals surface area contributed by atoms with Crippen LogP contribution in [0.1, 0.15) is 42.1 Å². The van der Waals surface area contributed by atoms with Crippen LogP contribution in [0.4, 0.5) is 0 Å². The molecule has 2 rings (SSSR count). The summed E-state index contributed by atoms with van der Waals surface area (Å²) in [6.45, 7) is 2.61. The Balaban J connectivity index is 0.00000144. The van der Waals surface area contributed by atoms with Gasteiger partial charge in [0.25, 0.3) is 5.91 Å². The molecule has 1 aliphatic carbocycles. The lowest BCUT2D eigenvalue weighted by Gasteiger charge is -2.39. The lowest BCUT2D eigenvalue weighted by Crippen LogP contribution is -2.50. The van der Waals surface area contributed by atoms with E-state index in [1.165, 1.54) is 6.42 Å². The molecule has 0 atom stereocenters. The average molecular weight is 255 g/mol. The molecule has 0 heterocycles. The lowest BCUT2D eigenvalue weighted by molar-refractivity contribution is 0.0850. The van der Waals surface area contributed by atoms with Crippen LogP contribution >= 0.6 is 12.4 Å². The number of hydrogen-bond donors (Lipinski definition) is 2. The molecular weight excluding hydrogens is 236 g/mol. The van der Waals surface area contributed by atoms with Gasteiger partial charge in [-0.2, -0.15) is 0 Å². The molecule has 3 nitrogen and oxygen atoms in total. The second-order valence-corrected chi connectivity index (χ2v) is 4.77. The van der Waals surface area contributed by atoms with E-state index in [0.29, 0.717) is 12.1 Å². The van der Waals surface area contributed by atoms with E-state index in [9.17, 15) is 4.79 Å². The second-order valence-electron chi connectivity index (χ2n) is 4.77. The molecule has 1 amide bonds.